The lowest BCUT2D eigenvalue weighted by atomic mass is 10.1. The van der Waals surface area contributed by atoms with Crippen LogP contribution in [0.2, 0.25) is 0 Å². The largest absolute Gasteiger partial charge is 0.478 e. The fourth-order valence-corrected chi connectivity index (χ4v) is 2.04. The van der Waals surface area contributed by atoms with Crippen LogP contribution in [-0.4, -0.2) is 33.3 Å². The first kappa shape index (κ1) is 11.2. The van der Waals surface area contributed by atoms with E-state index < -0.39 is 11.8 Å². The number of fused-ring (bicyclic) bond motifs is 1. The minimum absolute atomic E-state index is 0.140. The summed E-state index contributed by atoms with van der Waals surface area (Å²) < 4.78 is 20.6. The summed E-state index contributed by atoms with van der Waals surface area (Å²) in [6.45, 7) is 1.37. The first-order valence-electron chi connectivity index (χ1n) is 5.64. The maximum atomic E-state index is 13.5. The molecule has 0 saturated carbocycles. The van der Waals surface area contributed by atoms with Crippen LogP contribution in [0.3, 0.4) is 0 Å². The topological polar surface area (TPSA) is 64.3 Å². The molecule has 1 aliphatic heterocycles. The number of carboxylic acids is 1. The highest BCUT2D eigenvalue weighted by atomic mass is 19.1. The van der Waals surface area contributed by atoms with Gasteiger partial charge >= 0.3 is 5.97 Å². The predicted octanol–water partition coefficient (Wildman–Crippen LogP) is 1.66. The van der Waals surface area contributed by atoms with E-state index in [2.05, 4.69) is 4.98 Å². The van der Waals surface area contributed by atoms with Gasteiger partial charge in [-0.3, -0.25) is 0 Å². The van der Waals surface area contributed by atoms with Crippen LogP contribution >= 0.6 is 0 Å². The quantitative estimate of drug-likeness (QED) is 0.899. The highest BCUT2D eigenvalue weighted by molar-refractivity contribution is 5.92. The number of hydrogen-bond acceptors (Lipinski definition) is 3. The fourth-order valence-electron chi connectivity index (χ4n) is 2.04. The number of ether oxygens (including phenoxy) is 1. The average Bonchev–Trinajstić information content (AvgIpc) is 2.64. The van der Waals surface area contributed by atoms with Gasteiger partial charge in [0.25, 0.3) is 0 Å². The third-order valence-corrected chi connectivity index (χ3v) is 3.13. The highest BCUT2D eigenvalue weighted by Gasteiger charge is 2.20. The molecule has 0 amide bonds. The van der Waals surface area contributed by atoms with Crippen LogP contribution in [0.25, 0.3) is 11.0 Å². The van der Waals surface area contributed by atoms with Gasteiger partial charge in [0.05, 0.1) is 35.6 Å². The lowest BCUT2D eigenvalue weighted by Gasteiger charge is -2.26. The lowest BCUT2D eigenvalue weighted by Crippen LogP contribution is -2.30. The molecule has 5 nitrogen and oxygen atoms in total. The van der Waals surface area contributed by atoms with Crippen LogP contribution in [0.4, 0.5) is 4.39 Å². The Morgan fingerprint density at radius 3 is 3.00 bits per heavy atom. The van der Waals surface area contributed by atoms with Crippen molar-refractivity contribution in [1.82, 2.24) is 9.55 Å². The van der Waals surface area contributed by atoms with Crippen molar-refractivity contribution in [1.29, 1.82) is 0 Å². The Labute approximate surface area is 102 Å². The normalized spacial score (nSPS) is 18.8. The van der Waals surface area contributed by atoms with E-state index in [4.69, 9.17) is 9.84 Å². The Morgan fingerprint density at radius 2 is 2.39 bits per heavy atom. The molecule has 18 heavy (non-hydrogen) atoms. The number of rotatable bonds is 3. The van der Waals surface area contributed by atoms with Crippen molar-refractivity contribution in [3.8, 4) is 0 Å². The van der Waals surface area contributed by atoms with E-state index >= 15 is 0 Å². The van der Waals surface area contributed by atoms with Gasteiger partial charge in [0, 0.05) is 12.7 Å². The summed E-state index contributed by atoms with van der Waals surface area (Å²) in [7, 11) is 0. The standard InChI is InChI=1S/C12H11FN2O3/c13-9-4-10-11(3-8(9)12(16)17)15(6-14-10)5-7-1-2-18-7/h3-4,6-7H,1-2,5H2,(H,16,17). The molecular weight excluding hydrogens is 239 g/mol. The van der Waals surface area contributed by atoms with Gasteiger partial charge < -0.3 is 14.4 Å². The fraction of sp³-hybridized carbons (Fsp3) is 0.333. The molecule has 1 unspecified atom stereocenters. The third kappa shape index (κ3) is 1.74. The van der Waals surface area contributed by atoms with Gasteiger partial charge in [0.1, 0.15) is 5.82 Å². The van der Waals surface area contributed by atoms with Crippen LogP contribution in [0.1, 0.15) is 16.8 Å². The van der Waals surface area contributed by atoms with Crippen molar-refractivity contribution in [2.75, 3.05) is 6.61 Å². The molecule has 1 N–H and O–H groups in total. The van der Waals surface area contributed by atoms with Crippen molar-refractivity contribution in [2.45, 2.75) is 19.1 Å². The minimum Gasteiger partial charge on any atom is -0.478 e. The zero-order valence-corrected chi connectivity index (χ0v) is 9.47. The van der Waals surface area contributed by atoms with E-state index in [1.54, 1.807) is 10.9 Å². The molecule has 2 heterocycles. The van der Waals surface area contributed by atoms with Gasteiger partial charge in [0.15, 0.2) is 0 Å². The number of carbonyl (C=O) groups is 1. The minimum atomic E-state index is -1.28. The SMILES string of the molecule is O=C(O)c1cc2c(cc1F)ncn2CC1CCO1. The predicted molar refractivity (Wildman–Crippen MR) is 61.0 cm³/mol. The summed E-state index contributed by atoms with van der Waals surface area (Å²) in [5.41, 5.74) is 0.736. The molecule has 1 saturated heterocycles. The van der Waals surface area contributed by atoms with Crippen LogP contribution in [0.15, 0.2) is 18.5 Å². The summed E-state index contributed by atoms with van der Waals surface area (Å²) in [6.07, 6.45) is 2.70. The van der Waals surface area contributed by atoms with Gasteiger partial charge in [0.2, 0.25) is 0 Å². The number of aromatic nitrogens is 2. The molecular formula is C12H11FN2O3. The van der Waals surface area contributed by atoms with Crippen molar-refractivity contribution < 1.29 is 19.0 Å². The van der Waals surface area contributed by atoms with E-state index in [0.29, 0.717) is 17.6 Å². The van der Waals surface area contributed by atoms with Gasteiger partial charge in [-0.2, -0.15) is 0 Å². The summed E-state index contributed by atoms with van der Waals surface area (Å²) in [5, 5.41) is 8.90. The van der Waals surface area contributed by atoms with E-state index in [1.165, 1.54) is 6.07 Å². The Kier molecular flexibility index (Phi) is 2.52. The summed E-state index contributed by atoms with van der Waals surface area (Å²) in [6, 6.07) is 2.47. The van der Waals surface area contributed by atoms with Gasteiger partial charge in [-0.15, -0.1) is 0 Å². The second-order valence-electron chi connectivity index (χ2n) is 4.30. The van der Waals surface area contributed by atoms with Gasteiger partial charge in [-0.25, -0.2) is 14.2 Å². The summed E-state index contributed by atoms with van der Waals surface area (Å²) in [5.74, 6) is -2.04. The molecule has 6 heteroatoms. The Balaban J connectivity index is 2.04. The molecule has 1 aliphatic rings. The summed E-state index contributed by atoms with van der Waals surface area (Å²) >= 11 is 0. The maximum Gasteiger partial charge on any atom is 0.338 e. The van der Waals surface area contributed by atoms with E-state index in [1.807, 2.05) is 0 Å². The average molecular weight is 250 g/mol. The van der Waals surface area contributed by atoms with Crippen LogP contribution in [0, 0.1) is 5.82 Å². The van der Waals surface area contributed by atoms with Crippen molar-refractivity contribution in [3.05, 3.63) is 29.8 Å². The van der Waals surface area contributed by atoms with Crippen molar-refractivity contribution in [3.63, 3.8) is 0 Å². The zero-order valence-electron chi connectivity index (χ0n) is 9.47. The van der Waals surface area contributed by atoms with Crippen molar-refractivity contribution >= 4 is 17.0 Å². The number of halogens is 1. The lowest BCUT2D eigenvalue weighted by molar-refractivity contribution is -0.0586. The van der Waals surface area contributed by atoms with Crippen molar-refractivity contribution in [2.24, 2.45) is 0 Å². The van der Waals surface area contributed by atoms with Crippen LogP contribution < -0.4 is 0 Å². The Hall–Kier alpha value is -1.95. The zero-order chi connectivity index (χ0) is 12.7. The number of benzene rings is 1. The summed E-state index contributed by atoms with van der Waals surface area (Å²) in [4.78, 5) is 15.0. The van der Waals surface area contributed by atoms with Crippen LogP contribution in [-0.2, 0) is 11.3 Å². The molecule has 1 fully saturated rings. The molecule has 3 rings (SSSR count). The molecule has 0 spiro atoms. The number of aromatic carboxylic acids is 1. The molecule has 0 radical (unpaired) electrons. The van der Waals surface area contributed by atoms with Gasteiger partial charge in [-0.05, 0) is 12.5 Å². The molecule has 0 bridgehead atoms. The Bertz CT molecular complexity index is 619. The number of nitrogens with zero attached hydrogens (tertiary/aromatic N) is 2. The molecule has 1 atom stereocenters. The molecule has 0 aliphatic carbocycles. The number of carboxylic acid groups (broad SMARTS) is 1. The molecule has 1 aromatic carbocycles. The monoisotopic (exact) mass is 250 g/mol. The first-order chi connectivity index (χ1) is 8.65. The second-order valence-corrected chi connectivity index (χ2v) is 4.30. The molecule has 94 valence electrons. The number of hydrogen-bond donors (Lipinski definition) is 1. The molecule has 2 aromatic rings. The van der Waals surface area contributed by atoms with Gasteiger partial charge in [-0.1, -0.05) is 0 Å². The highest BCUT2D eigenvalue weighted by Crippen LogP contribution is 2.21. The molecule has 1 aromatic heterocycles. The van der Waals surface area contributed by atoms with Crippen LogP contribution in [0.5, 0.6) is 0 Å². The third-order valence-electron chi connectivity index (χ3n) is 3.13. The first-order valence-corrected chi connectivity index (χ1v) is 5.64. The number of imidazole rings is 1. The van der Waals surface area contributed by atoms with E-state index in [-0.39, 0.29) is 11.7 Å². The Morgan fingerprint density at radius 1 is 1.61 bits per heavy atom. The van der Waals surface area contributed by atoms with E-state index in [0.717, 1.165) is 19.1 Å². The smallest absolute Gasteiger partial charge is 0.338 e. The van der Waals surface area contributed by atoms with E-state index in [9.17, 15) is 9.18 Å². The maximum absolute atomic E-state index is 13.5. The second kappa shape index (κ2) is 4.06.